The van der Waals surface area contributed by atoms with Gasteiger partial charge in [0.1, 0.15) is 6.54 Å². The molecule has 24 heavy (non-hydrogen) atoms. The number of esters is 1. The van der Waals surface area contributed by atoms with E-state index in [9.17, 15) is 9.59 Å². The van der Waals surface area contributed by atoms with Crippen LogP contribution in [0.25, 0.3) is 22.3 Å². The van der Waals surface area contributed by atoms with Crippen LogP contribution in [0.4, 0.5) is 0 Å². The molecule has 0 bridgehead atoms. The van der Waals surface area contributed by atoms with Crippen molar-refractivity contribution in [3.8, 4) is 11.4 Å². The summed E-state index contributed by atoms with van der Waals surface area (Å²) in [6.45, 7) is -0.143. The van der Waals surface area contributed by atoms with Gasteiger partial charge in [-0.3, -0.25) is 14.7 Å². The van der Waals surface area contributed by atoms with Gasteiger partial charge >= 0.3 is 5.97 Å². The van der Waals surface area contributed by atoms with Gasteiger partial charge in [-0.15, -0.1) is 0 Å². The lowest BCUT2D eigenvalue weighted by Crippen LogP contribution is -2.30. The minimum absolute atomic E-state index is 0.143. The van der Waals surface area contributed by atoms with Crippen LogP contribution >= 0.6 is 0 Å². The van der Waals surface area contributed by atoms with Crippen LogP contribution < -0.4 is 5.32 Å². The van der Waals surface area contributed by atoms with Crippen molar-refractivity contribution in [2.24, 2.45) is 0 Å². The van der Waals surface area contributed by atoms with Crippen molar-refractivity contribution in [2.75, 3.05) is 13.7 Å². The topological polar surface area (TPSA) is 99.9 Å². The second kappa shape index (κ2) is 5.52. The number of rotatable bonds is 3. The maximum absolute atomic E-state index is 12.2. The molecular formula is C17H16N4O3. The number of hydrogen-bond donors (Lipinski definition) is 3. The zero-order chi connectivity index (χ0) is 16.7. The Hall–Kier alpha value is -3.09. The third-order valence-corrected chi connectivity index (χ3v) is 4.40. The number of benzene rings is 1. The molecular weight excluding hydrogens is 308 g/mol. The average molecular weight is 324 g/mol. The number of H-pyrrole nitrogens is 2. The first kappa shape index (κ1) is 14.5. The normalized spacial score (nSPS) is 12.5. The van der Waals surface area contributed by atoms with Gasteiger partial charge in [0.15, 0.2) is 0 Å². The van der Waals surface area contributed by atoms with Crippen LogP contribution in [0.3, 0.4) is 0 Å². The molecule has 7 nitrogen and oxygen atoms in total. The van der Waals surface area contributed by atoms with E-state index in [0.29, 0.717) is 5.56 Å². The van der Waals surface area contributed by atoms with Crippen molar-refractivity contribution < 1.29 is 14.3 Å². The molecule has 0 radical (unpaired) electrons. The Morgan fingerprint density at radius 3 is 3.00 bits per heavy atom. The van der Waals surface area contributed by atoms with Gasteiger partial charge in [0, 0.05) is 16.5 Å². The van der Waals surface area contributed by atoms with E-state index in [0.717, 1.165) is 35.1 Å². The van der Waals surface area contributed by atoms with E-state index in [1.54, 1.807) is 6.07 Å². The summed E-state index contributed by atoms with van der Waals surface area (Å²) in [6.07, 6.45) is 3.68. The van der Waals surface area contributed by atoms with Crippen molar-refractivity contribution >= 4 is 22.8 Å². The summed E-state index contributed by atoms with van der Waals surface area (Å²) < 4.78 is 4.53. The molecule has 3 N–H and O–H groups in total. The van der Waals surface area contributed by atoms with E-state index in [4.69, 9.17) is 0 Å². The summed E-state index contributed by atoms with van der Waals surface area (Å²) in [6, 6.07) is 5.49. The molecule has 0 spiro atoms. The highest BCUT2D eigenvalue weighted by atomic mass is 16.5. The molecule has 4 rings (SSSR count). The molecule has 2 heterocycles. The molecule has 0 atom stereocenters. The van der Waals surface area contributed by atoms with Crippen LogP contribution in [0.15, 0.2) is 24.4 Å². The molecule has 1 amide bonds. The van der Waals surface area contributed by atoms with Crippen molar-refractivity contribution in [3.63, 3.8) is 0 Å². The molecule has 0 aliphatic heterocycles. The lowest BCUT2D eigenvalue weighted by molar-refractivity contribution is -0.139. The smallest absolute Gasteiger partial charge is 0.325 e. The van der Waals surface area contributed by atoms with E-state index in [1.807, 2.05) is 18.3 Å². The van der Waals surface area contributed by atoms with Crippen molar-refractivity contribution in [3.05, 3.63) is 41.1 Å². The number of carbonyl (C=O) groups excluding carboxylic acids is 2. The lowest BCUT2D eigenvalue weighted by Gasteiger charge is -2.11. The van der Waals surface area contributed by atoms with Gasteiger partial charge in [-0.05, 0) is 42.2 Å². The molecule has 122 valence electrons. The van der Waals surface area contributed by atoms with E-state index in [1.165, 1.54) is 18.2 Å². The third kappa shape index (κ3) is 2.25. The highest BCUT2D eigenvalue weighted by Crippen LogP contribution is 2.36. The fourth-order valence-electron chi connectivity index (χ4n) is 3.17. The quantitative estimate of drug-likeness (QED) is 0.637. The summed E-state index contributed by atoms with van der Waals surface area (Å²) >= 11 is 0. The maximum atomic E-state index is 12.2. The van der Waals surface area contributed by atoms with Crippen molar-refractivity contribution in [1.29, 1.82) is 0 Å². The number of carbonyl (C=O) groups is 2. The number of aromatic nitrogens is 3. The average Bonchev–Trinajstić information content (AvgIpc) is 3.22. The molecule has 2 aromatic heterocycles. The molecule has 3 aromatic rings. The summed E-state index contributed by atoms with van der Waals surface area (Å²) in [5, 5.41) is 10.7. The Kier molecular flexibility index (Phi) is 3.34. The standard InChI is InChI=1S/C17H16N4O3/c1-24-14(22)8-18-17(23)9-3-5-13-12(6-9)11-4-2-10-7-19-21-15(10)16(11)20-13/h3,5-7,20H,2,4,8H2,1H3,(H,18,23)(H,19,21). The molecule has 1 aliphatic carbocycles. The van der Waals surface area contributed by atoms with Gasteiger partial charge in [0.05, 0.1) is 24.7 Å². The molecule has 0 fully saturated rings. The molecule has 1 aliphatic rings. The fraction of sp³-hybridized carbons (Fsp3) is 0.235. The number of ether oxygens (including phenoxy) is 1. The number of aryl methyl sites for hydroxylation is 2. The minimum Gasteiger partial charge on any atom is -0.468 e. The summed E-state index contributed by atoms with van der Waals surface area (Å²) in [7, 11) is 1.29. The summed E-state index contributed by atoms with van der Waals surface area (Å²) in [5.74, 6) is -0.773. The molecule has 1 aromatic carbocycles. The van der Waals surface area contributed by atoms with E-state index >= 15 is 0 Å². The second-order valence-electron chi connectivity index (χ2n) is 5.77. The van der Waals surface area contributed by atoms with Gasteiger partial charge < -0.3 is 15.0 Å². The lowest BCUT2D eigenvalue weighted by atomic mass is 9.93. The van der Waals surface area contributed by atoms with Crippen LogP contribution in [0.5, 0.6) is 0 Å². The van der Waals surface area contributed by atoms with Gasteiger partial charge in [-0.1, -0.05) is 0 Å². The van der Waals surface area contributed by atoms with Gasteiger partial charge in [0.2, 0.25) is 0 Å². The van der Waals surface area contributed by atoms with Crippen molar-refractivity contribution in [2.45, 2.75) is 12.8 Å². The molecule has 0 unspecified atom stereocenters. The summed E-state index contributed by atoms with van der Waals surface area (Å²) in [5.41, 5.74) is 5.94. The first-order valence-electron chi connectivity index (χ1n) is 7.69. The van der Waals surface area contributed by atoms with E-state index < -0.39 is 5.97 Å². The Labute approximate surface area is 137 Å². The number of nitrogens with zero attached hydrogens (tertiary/aromatic N) is 1. The highest BCUT2D eigenvalue weighted by Gasteiger charge is 2.22. The van der Waals surface area contributed by atoms with Crippen LogP contribution in [-0.2, 0) is 22.4 Å². The minimum atomic E-state index is -0.477. The first-order chi connectivity index (χ1) is 11.7. The third-order valence-electron chi connectivity index (χ3n) is 4.40. The first-order valence-corrected chi connectivity index (χ1v) is 7.69. The predicted octanol–water partition coefficient (Wildman–Crippen LogP) is 1.56. The van der Waals surface area contributed by atoms with Gasteiger partial charge in [0.25, 0.3) is 5.91 Å². The number of aromatic amines is 2. The Balaban J connectivity index is 1.69. The number of amides is 1. The van der Waals surface area contributed by atoms with Gasteiger partial charge in [-0.25, -0.2) is 0 Å². The van der Waals surface area contributed by atoms with Crippen LogP contribution in [-0.4, -0.2) is 40.7 Å². The SMILES string of the molecule is COC(=O)CNC(=O)c1ccc2[nH]c3c(c2c1)CCc1cn[nH]c1-3. The zero-order valence-electron chi connectivity index (χ0n) is 13.1. The fourth-order valence-corrected chi connectivity index (χ4v) is 3.17. The van der Waals surface area contributed by atoms with Crippen LogP contribution in [0, 0.1) is 0 Å². The molecule has 0 saturated heterocycles. The van der Waals surface area contributed by atoms with Crippen LogP contribution in [0.1, 0.15) is 21.5 Å². The number of fused-ring (bicyclic) bond motifs is 5. The largest absolute Gasteiger partial charge is 0.468 e. The number of methoxy groups -OCH3 is 1. The van der Waals surface area contributed by atoms with E-state index in [-0.39, 0.29) is 12.5 Å². The highest BCUT2D eigenvalue weighted by molar-refractivity contribution is 6.01. The van der Waals surface area contributed by atoms with Crippen LogP contribution in [0.2, 0.25) is 0 Å². The molecule has 0 saturated carbocycles. The zero-order valence-corrected chi connectivity index (χ0v) is 13.1. The van der Waals surface area contributed by atoms with Gasteiger partial charge in [-0.2, -0.15) is 5.10 Å². The number of nitrogens with one attached hydrogen (secondary N) is 3. The summed E-state index contributed by atoms with van der Waals surface area (Å²) in [4.78, 5) is 26.8. The Morgan fingerprint density at radius 2 is 2.17 bits per heavy atom. The Bertz CT molecular complexity index is 954. The second-order valence-corrected chi connectivity index (χ2v) is 5.77. The molecule has 7 heteroatoms. The monoisotopic (exact) mass is 324 g/mol. The number of hydrogen-bond acceptors (Lipinski definition) is 4. The predicted molar refractivity (Wildman–Crippen MR) is 87.6 cm³/mol. The Morgan fingerprint density at radius 1 is 1.29 bits per heavy atom. The van der Waals surface area contributed by atoms with Crippen molar-refractivity contribution in [1.82, 2.24) is 20.5 Å². The maximum Gasteiger partial charge on any atom is 0.325 e. The van der Waals surface area contributed by atoms with E-state index in [2.05, 4.69) is 25.2 Å².